The summed E-state index contributed by atoms with van der Waals surface area (Å²) in [5.74, 6) is -0.0649. The molecule has 0 aromatic heterocycles. The molecular formula is C23H31ClN4O3. The number of phenols is 1. The van der Waals surface area contributed by atoms with Gasteiger partial charge in [0.1, 0.15) is 24.9 Å². The number of hydrogen-bond donors (Lipinski definition) is 2. The SMILES string of the molecule is C=CC[N+](CC=C)(Cc1ccc(O)c(C=O)c1)CC(O)CN(CCC#N)CCC#N.[Cl-]. The molecule has 0 saturated carbocycles. The molecule has 1 aromatic carbocycles. The van der Waals surface area contributed by atoms with Crippen LogP contribution in [-0.4, -0.2) is 71.3 Å². The van der Waals surface area contributed by atoms with Crippen LogP contribution in [0.2, 0.25) is 0 Å². The van der Waals surface area contributed by atoms with Gasteiger partial charge >= 0.3 is 0 Å². The van der Waals surface area contributed by atoms with Gasteiger partial charge in [-0.2, -0.15) is 10.5 Å². The average molecular weight is 447 g/mol. The molecule has 31 heavy (non-hydrogen) atoms. The maximum Gasteiger partial charge on any atom is 0.153 e. The summed E-state index contributed by atoms with van der Waals surface area (Å²) in [5.41, 5.74) is 1.08. The maximum absolute atomic E-state index is 11.2. The van der Waals surface area contributed by atoms with E-state index in [2.05, 4.69) is 25.3 Å². The van der Waals surface area contributed by atoms with E-state index >= 15 is 0 Å². The van der Waals surface area contributed by atoms with Crippen LogP contribution in [0, 0.1) is 22.7 Å². The predicted octanol–water partition coefficient (Wildman–Crippen LogP) is -0.612. The minimum absolute atomic E-state index is 0. The Morgan fingerprint density at radius 3 is 2.19 bits per heavy atom. The fraction of sp³-hybridized carbons (Fsp3) is 0.435. The van der Waals surface area contributed by atoms with E-state index in [1.807, 2.05) is 4.90 Å². The molecule has 1 aromatic rings. The first kappa shape index (κ1) is 28.3. The van der Waals surface area contributed by atoms with Crippen molar-refractivity contribution in [1.82, 2.24) is 4.90 Å². The first-order valence-electron chi connectivity index (χ1n) is 9.92. The van der Waals surface area contributed by atoms with Crippen LogP contribution in [-0.2, 0) is 6.54 Å². The molecule has 7 nitrogen and oxygen atoms in total. The largest absolute Gasteiger partial charge is 1.00 e. The molecule has 2 N–H and O–H groups in total. The first-order chi connectivity index (χ1) is 14.4. The van der Waals surface area contributed by atoms with E-state index in [4.69, 9.17) is 10.5 Å². The highest BCUT2D eigenvalue weighted by Gasteiger charge is 2.30. The lowest BCUT2D eigenvalue weighted by Gasteiger charge is -2.39. The fourth-order valence-electron chi connectivity index (χ4n) is 3.66. The summed E-state index contributed by atoms with van der Waals surface area (Å²) in [5, 5.41) is 38.3. The minimum Gasteiger partial charge on any atom is -1.00 e. The van der Waals surface area contributed by atoms with Gasteiger partial charge in [0.2, 0.25) is 0 Å². The molecule has 1 atom stereocenters. The second-order valence-corrected chi connectivity index (χ2v) is 7.41. The summed E-state index contributed by atoms with van der Waals surface area (Å²) in [6.45, 7) is 11.2. The number of aromatic hydroxyl groups is 1. The van der Waals surface area contributed by atoms with Crippen LogP contribution in [0.5, 0.6) is 5.75 Å². The van der Waals surface area contributed by atoms with Crippen molar-refractivity contribution in [3.8, 4) is 17.9 Å². The summed E-state index contributed by atoms with van der Waals surface area (Å²) in [6.07, 6.45) is 4.18. The molecule has 1 rings (SSSR count). The third-order valence-electron chi connectivity index (χ3n) is 4.92. The molecule has 8 heteroatoms. The molecular weight excluding hydrogens is 416 g/mol. The fourth-order valence-corrected chi connectivity index (χ4v) is 3.66. The number of aliphatic hydroxyl groups is 1. The number of carbonyl (C=O) groups excluding carboxylic acids is 1. The molecule has 0 fully saturated rings. The Balaban J connectivity index is 0.00000900. The van der Waals surface area contributed by atoms with E-state index in [-0.39, 0.29) is 23.7 Å². The zero-order valence-corrected chi connectivity index (χ0v) is 18.5. The quantitative estimate of drug-likeness (QED) is 0.211. The van der Waals surface area contributed by atoms with E-state index in [0.29, 0.717) is 69.4 Å². The van der Waals surface area contributed by atoms with E-state index in [1.165, 1.54) is 6.07 Å². The van der Waals surface area contributed by atoms with Crippen molar-refractivity contribution in [2.75, 3.05) is 39.3 Å². The molecule has 0 aliphatic rings. The number of carbonyl (C=O) groups is 1. The number of rotatable bonds is 15. The summed E-state index contributed by atoms with van der Waals surface area (Å²) in [7, 11) is 0. The van der Waals surface area contributed by atoms with Gasteiger partial charge in [-0.1, -0.05) is 13.2 Å². The predicted molar refractivity (Wildman–Crippen MR) is 115 cm³/mol. The summed E-state index contributed by atoms with van der Waals surface area (Å²) in [6, 6.07) is 9.11. The van der Waals surface area contributed by atoms with Crippen LogP contribution < -0.4 is 12.4 Å². The Morgan fingerprint density at radius 1 is 1.13 bits per heavy atom. The van der Waals surface area contributed by atoms with Gasteiger partial charge in [0.25, 0.3) is 0 Å². The van der Waals surface area contributed by atoms with Gasteiger partial charge in [-0.25, -0.2) is 0 Å². The Morgan fingerprint density at radius 2 is 1.71 bits per heavy atom. The van der Waals surface area contributed by atoms with Crippen molar-refractivity contribution in [3.05, 3.63) is 54.6 Å². The molecule has 0 aliphatic heterocycles. The molecule has 0 spiro atoms. The number of nitrogens with zero attached hydrogens (tertiary/aromatic N) is 4. The third-order valence-corrected chi connectivity index (χ3v) is 4.92. The lowest BCUT2D eigenvalue weighted by molar-refractivity contribution is -0.933. The molecule has 168 valence electrons. The van der Waals surface area contributed by atoms with E-state index < -0.39 is 6.10 Å². The second-order valence-electron chi connectivity index (χ2n) is 7.41. The normalized spacial score (nSPS) is 11.6. The van der Waals surface area contributed by atoms with Crippen molar-refractivity contribution < 1.29 is 31.9 Å². The number of quaternary nitrogens is 1. The Labute approximate surface area is 191 Å². The summed E-state index contributed by atoms with van der Waals surface area (Å²) in [4.78, 5) is 13.1. The van der Waals surface area contributed by atoms with E-state index in [1.54, 1.807) is 24.3 Å². The standard InChI is InChI=1S/C23H30N4O3.ClH/c1-3-13-27(14-4-2,17-20-7-8-23(30)21(15-20)19-28)18-22(29)16-26(11-5-9-24)12-6-10-25;/h3-4,7-8,15,19,22,29H,1-2,5-6,11-14,16-18H2;1H. The van der Waals surface area contributed by atoms with Crippen LogP contribution in [0.4, 0.5) is 0 Å². The van der Waals surface area contributed by atoms with E-state index in [9.17, 15) is 15.0 Å². The zero-order chi connectivity index (χ0) is 22.4. The van der Waals surface area contributed by atoms with Gasteiger partial charge < -0.3 is 27.1 Å². The number of nitriles is 2. The first-order valence-corrected chi connectivity index (χ1v) is 9.92. The number of benzene rings is 1. The Kier molecular flexibility index (Phi) is 13.9. The number of aliphatic hydroxyl groups excluding tert-OH is 1. The summed E-state index contributed by atoms with van der Waals surface area (Å²) >= 11 is 0. The molecule has 0 radical (unpaired) electrons. The highest BCUT2D eigenvalue weighted by molar-refractivity contribution is 5.79. The highest BCUT2D eigenvalue weighted by Crippen LogP contribution is 2.22. The molecule has 0 heterocycles. The molecule has 0 aliphatic carbocycles. The van der Waals surface area contributed by atoms with Gasteiger partial charge in [0, 0.05) is 38.0 Å². The third kappa shape index (κ3) is 9.78. The number of aldehydes is 1. The van der Waals surface area contributed by atoms with Gasteiger partial charge in [-0.05, 0) is 30.4 Å². The van der Waals surface area contributed by atoms with Crippen LogP contribution in [0.25, 0.3) is 0 Å². The van der Waals surface area contributed by atoms with Gasteiger partial charge in [-0.3, -0.25) is 9.69 Å². The molecule has 0 saturated heterocycles. The van der Waals surface area contributed by atoms with Crippen molar-refractivity contribution in [2.24, 2.45) is 0 Å². The van der Waals surface area contributed by atoms with Gasteiger partial charge in [0.05, 0.1) is 30.8 Å². The van der Waals surface area contributed by atoms with Crippen molar-refractivity contribution >= 4 is 6.29 Å². The maximum atomic E-state index is 11.2. The monoisotopic (exact) mass is 446 g/mol. The van der Waals surface area contributed by atoms with Gasteiger partial charge in [-0.15, -0.1) is 0 Å². The van der Waals surface area contributed by atoms with Crippen LogP contribution in [0.15, 0.2) is 43.5 Å². The molecule has 0 amide bonds. The number of phenolic OH excluding ortho intramolecular Hbond substituents is 1. The number of halogens is 1. The van der Waals surface area contributed by atoms with Crippen molar-refractivity contribution in [2.45, 2.75) is 25.5 Å². The minimum atomic E-state index is -0.690. The summed E-state index contributed by atoms with van der Waals surface area (Å²) < 4.78 is 0.446. The van der Waals surface area contributed by atoms with Gasteiger partial charge in [0.15, 0.2) is 6.29 Å². The zero-order valence-electron chi connectivity index (χ0n) is 17.8. The van der Waals surface area contributed by atoms with Crippen LogP contribution in [0.3, 0.4) is 0 Å². The van der Waals surface area contributed by atoms with Crippen molar-refractivity contribution in [1.29, 1.82) is 10.5 Å². The van der Waals surface area contributed by atoms with Crippen molar-refractivity contribution in [3.63, 3.8) is 0 Å². The van der Waals surface area contributed by atoms with Crippen LogP contribution >= 0.6 is 0 Å². The average Bonchev–Trinajstić information content (AvgIpc) is 2.71. The smallest absolute Gasteiger partial charge is 0.153 e. The topological polar surface area (TPSA) is 108 Å². The lowest BCUT2D eigenvalue weighted by Crippen LogP contribution is -3.00. The highest BCUT2D eigenvalue weighted by atomic mass is 35.5. The Hall–Kier alpha value is -2.68. The Bertz CT molecular complexity index is 773. The number of hydrogen-bond acceptors (Lipinski definition) is 6. The molecule has 1 unspecified atom stereocenters. The van der Waals surface area contributed by atoms with E-state index in [0.717, 1.165) is 5.56 Å². The second kappa shape index (κ2) is 15.2. The van der Waals surface area contributed by atoms with Crippen LogP contribution in [0.1, 0.15) is 28.8 Å². The lowest BCUT2D eigenvalue weighted by atomic mass is 10.1. The molecule has 0 bridgehead atoms.